The molecule has 0 saturated carbocycles. The van der Waals surface area contributed by atoms with Gasteiger partial charge in [0.05, 0.1) is 0 Å². The summed E-state index contributed by atoms with van der Waals surface area (Å²) in [6.07, 6.45) is 15.0. The smallest absolute Gasteiger partial charge is 0.0215 e. The van der Waals surface area contributed by atoms with Crippen LogP contribution in [0.1, 0.15) is 127 Å². The fourth-order valence-corrected chi connectivity index (χ4v) is 8.39. The Kier molecular flexibility index (Phi) is 8.61. The quantitative estimate of drug-likeness (QED) is 0.186. The van der Waals surface area contributed by atoms with E-state index in [1.807, 2.05) is 0 Å². The van der Waals surface area contributed by atoms with Crippen LogP contribution in [0.4, 0.5) is 0 Å². The minimum absolute atomic E-state index is 0.114. The first-order chi connectivity index (χ1) is 18.5. The third kappa shape index (κ3) is 4.56. The Bertz CT molecular complexity index is 1180. The van der Waals surface area contributed by atoms with Crippen molar-refractivity contribution in [2.75, 3.05) is 0 Å². The summed E-state index contributed by atoms with van der Waals surface area (Å²) < 4.78 is 2.42. The molecule has 0 aliphatic heterocycles. The molecule has 2 heteroatoms. The number of rotatable bonds is 12. The standard InChI is InChI=1S/C36H44Br2/c1-5-9-17-35(18-10-6-2)31-21-25(37)13-15-27(31)29-24-34-30(23-33(29)35)28-16-14-26(38)22-32(28)36(34,19-11-7-3)20-12-8-4/h13-16,21-24H,5-12,17-20H2,1-4H3. The van der Waals surface area contributed by atoms with E-state index in [2.05, 4.69) is 108 Å². The first kappa shape index (κ1) is 28.2. The first-order valence-corrected chi connectivity index (χ1v) is 16.8. The second-order valence-corrected chi connectivity index (χ2v) is 13.7. The minimum atomic E-state index is 0.114. The van der Waals surface area contributed by atoms with Crippen molar-refractivity contribution in [3.63, 3.8) is 0 Å². The third-order valence-electron chi connectivity index (χ3n) is 9.59. The van der Waals surface area contributed by atoms with Crippen LogP contribution >= 0.6 is 31.9 Å². The van der Waals surface area contributed by atoms with Gasteiger partial charge in [0.1, 0.15) is 0 Å². The van der Waals surface area contributed by atoms with Crippen molar-refractivity contribution >= 4 is 31.9 Å². The SMILES string of the molecule is CCCCC1(CCCC)c2cc(Br)ccc2-c2cc3c(cc21)-c1ccc(Br)cc1C3(CCCC)CCCC. The largest absolute Gasteiger partial charge is 0.0654 e. The van der Waals surface area contributed by atoms with Gasteiger partial charge in [0.15, 0.2) is 0 Å². The molecule has 0 saturated heterocycles. The number of unbranched alkanes of at least 4 members (excludes halogenated alkanes) is 4. The number of hydrogen-bond acceptors (Lipinski definition) is 0. The van der Waals surface area contributed by atoms with E-state index in [0.717, 1.165) is 0 Å². The van der Waals surface area contributed by atoms with Gasteiger partial charge in [0.2, 0.25) is 0 Å². The Morgan fingerprint density at radius 2 is 0.763 bits per heavy atom. The van der Waals surface area contributed by atoms with Crippen LogP contribution in [0.3, 0.4) is 0 Å². The van der Waals surface area contributed by atoms with Gasteiger partial charge in [-0.25, -0.2) is 0 Å². The van der Waals surface area contributed by atoms with Gasteiger partial charge in [-0.05, 0) is 107 Å². The van der Waals surface area contributed by atoms with Crippen LogP contribution in [0, 0.1) is 0 Å². The zero-order chi connectivity index (χ0) is 26.9. The molecule has 3 aromatic carbocycles. The highest BCUT2D eigenvalue weighted by atomic mass is 79.9. The summed E-state index contributed by atoms with van der Waals surface area (Å²) in [5.74, 6) is 0. The molecule has 0 unspecified atom stereocenters. The molecule has 5 rings (SSSR count). The number of halogens is 2. The molecule has 0 N–H and O–H groups in total. The molecule has 0 amide bonds. The van der Waals surface area contributed by atoms with Crippen molar-refractivity contribution in [1.29, 1.82) is 0 Å². The average molecular weight is 637 g/mol. The number of fused-ring (bicyclic) bond motifs is 6. The lowest BCUT2D eigenvalue weighted by atomic mass is 9.69. The van der Waals surface area contributed by atoms with Crippen molar-refractivity contribution in [3.8, 4) is 22.3 Å². The van der Waals surface area contributed by atoms with Gasteiger partial charge in [-0.2, -0.15) is 0 Å². The Balaban J connectivity index is 1.81. The van der Waals surface area contributed by atoms with Gasteiger partial charge in [0, 0.05) is 19.8 Å². The van der Waals surface area contributed by atoms with E-state index in [4.69, 9.17) is 0 Å². The topological polar surface area (TPSA) is 0 Å². The van der Waals surface area contributed by atoms with Gasteiger partial charge in [-0.15, -0.1) is 0 Å². The van der Waals surface area contributed by atoms with Crippen LogP contribution in [0.15, 0.2) is 57.5 Å². The fraction of sp³-hybridized carbons (Fsp3) is 0.500. The molecule has 38 heavy (non-hydrogen) atoms. The maximum Gasteiger partial charge on any atom is 0.0215 e. The van der Waals surface area contributed by atoms with E-state index in [9.17, 15) is 0 Å². The summed E-state index contributed by atoms with van der Waals surface area (Å²) in [6.45, 7) is 9.38. The van der Waals surface area contributed by atoms with Crippen molar-refractivity contribution in [2.45, 2.75) is 116 Å². The van der Waals surface area contributed by atoms with Gasteiger partial charge < -0.3 is 0 Å². The van der Waals surface area contributed by atoms with Crippen molar-refractivity contribution < 1.29 is 0 Å². The molecular weight excluding hydrogens is 592 g/mol. The molecule has 0 atom stereocenters. The Morgan fingerprint density at radius 3 is 1.08 bits per heavy atom. The molecular formula is C36H44Br2. The highest BCUT2D eigenvalue weighted by Gasteiger charge is 2.47. The molecule has 0 bridgehead atoms. The lowest BCUT2D eigenvalue weighted by Crippen LogP contribution is -2.27. The number of benzene rings is 3. The maximum atomic E-state index is 3.85. The molecule has 0 radical (unpaired) electrons. The molecule has 0 aromatic heterocycles. The first-order valence-electron chi connectivity index (χ1n) is 15.3. The summed E-state index contributed by atoms with van der Waals surface area (Å²) in [5.41, 5.74) is 12.6. The van der Waals surface area contributed by atoms with Gasteiger partial charge in [0.25, 0.3) is 0 Å². The van der Waals surface area contributed by atoms with Gasteiger partial charge in [-0.3, -0.25) is 0 Å². The predicted molar refractivity (Wildman–Crippen MR) is 172 cm³/mol. The Labute approximate surface area is 248 Å². The van der Waals surface area contributed by atoms with Crippen LogP contribution < -0.4 is 0 Å². The lowest BCUT2D eigenvalue weighted by Gasteiger charge is -2.34. The minimum Gasteiger partial charge on any atom is -0.0654 e. The highest BCUT2D eigenvalue weighted by Crippen LogP contribution is 2.61. The zero-order valence-corrected chi connectivity index (χ0v) is 27.0. The Morgan fingerprint density at radius 1 is 0.447 bits per heavy atom. The van der Waals surface area contributed by atoms with Crippen molar-refractivity contribution in [3.05, 3.63) is 79.7 Å². The molecule has 2 aliphatic carbocycles. The molecule has 202 valence electrons. The van der Waals surface area contributed by atoms with Gasteiger partial charge in [-0.1, -0.05) is 123 Å². The third-order valence-corrected chi connectivity index (χ3v) is 10.6. The lowest BCUT2D eigenvalue weighted by molar-refractivity contribution is 0.410. The van der Waals surface area contributed by atoms with Crippen LogP contribution in [0.5, 0.6) is 0 Å². The molecule has 0 fully saturated rings. The van der Waals surface area contributed by atoms with E-state index in [1.54, 1.807) is 22.3 Å². The summed E-state index contributed by atoms with van der Waals surface area (Å²) in [6, 6.07) is 19.6. The maximum absolute atomic E-state index is 3.85. The monoisotopic (exact) mass is 634 g/mol. The van der Waals surface area contributed by atoms with E-state index >= 15 is 0 Å². The van der Waals surface area contributed by atoms with E-state index in [1.165, 1.54) is 108 Å². The average Bonchev–Trinajstić information content (AvgIpc) is 3.33. The van der Waals surface area contributed by atoms with Crippen molar-refractivity contribution in [1.82, 2.24) is 0 Å². The number of hydrogen-bond donors (Lipinski definition) is 0. The van der Waals surface area contributed by atoms with Crippen molar-refractivity contribution in [2.24, 2.45) is 0 Å². The highest BCUT2D eigenvalue weighted by molar-refractivity contribution is 9.10. The summed E-state index contributed by atoms with van der Waals surface area (Å²) >= 11 is 7.70. The molecule has 0 nitrogen and oxygen atoms in total. The predicted octanol–water partition coefficient (Wildman–Crippen LogP) is 12.5. The summed E-state index contributed by atoms with van der Waals surface area (Å²) in [4.78, 5) is 0. The second kappa shape index (κ2) is 11.6. The molecule has 0 spiro atoms. The van der Waals surface area contributed by atoms with E-state index in [0.29, 0.717) is 0 Å². The molecule has 2 aliphatic rings. The molecule has 3 aromatic rings. The summed E-state index contributed by atoms with van der Waals surface area (Å²) in [7, 11) is 0. The van der Waals surface area contributed by atoms with Crippen LogP contribution in [0.25, 0.3) is 22.3 Å². The zero-order valence-electron chi connectivity index (χ0n) is 23.9. The summed E-state index contributed by atoms with van der Waals surface area (Å²) in [5, 5.41) is 0. The molecule has 0 heterocycles. The van der Waals surface area contributed by atoms with Crippen LogP contribution in [-0.2, 0) is 10.8 Å². The Hall–Kier alpha value is -1.38. The van der Waals surface area contributed by atoms with E-state index < -0.39 is 0 Å². The van der Waals surface area contributed by atoms with Crippen LogP contribution in [-0.4, -0.2) is 0 Å². The van der Waals surface area contributed by atoms with Gasteiger partial charge >= 0.3 is 0 Å². The normalized spacial score (nSPS) is 15.7. The fourth-order valence-electron chi connectivity index (χ4n) is 7.66. The van der Waals surface area contributed by atoms with E-state index in [-0.39, 0.29) is 10.8 Å². The van der Waals surface area contributed by atoms with Crippen LogP contribution in [0.2, 0.25) is 0 Å². The second-order valence-electron chi connectivity index (χ2n) is 11.9.